The average Bonchev–Trinajstić information content (AvgIpc) is 2.93. The third kappa shape index (κ3) is 3.76. The normalized spacial score (nSPS) is 10.4. The molecule has 1 aromatic carbocycles. The van der Waals surface area contributed by atoms with Gasteiger partial charge in [0.15, 0.2) is 0 Å². The van der Waals surface area contributed by atoms with Crippen molar-refractivity contribution >= 4 is 23.2 Å². The zero-order chi connectivity index (χ0) is 15.2. The molecule has 2 aromatic rings. The molecule has 0 saturated heterocycles. The summed E-state index contributed by atoms with van der Waals surface area (Å²) in [6.07, 6.45) is 4.71. The number of aryl methyl sites for hydroxylation is 1. The Morgan fingerprint density at radius 3 is 2.95 bits per heavy atom. The van der Waals surface area contributed by atoms with E-state index < -0.39 is 0 Å². The lowest BCUT2D eigenvalue weighted by Crippen LogP contribution is -2.18. The number of hydrogen-bond donors (Lipinski definition) is 2. The number of rotatable bonds is 6. The van der Waals surface area contributed by atoms with Crippen LogP contribution in [0.5, 0.6) is 0 Å². The molecule has 5 nitrogen and oxygen atoms in total. The maximum Gasteiger partial charge on any atom is 0.251 e. The second kappa shape index (κ2) is 7.13. The van der Waals surface area contributed by atoms with Crippen LogP contribution in [0, 0.1) is 0 Å². The number of imidazole rings is 1. The third-order valence-electron chi connectivity index (χ3n) is 3.18. The number of nitrogens with one attached hydrogen (secondary N) is 2. The maximum absolute atomic E-state index is 11.7. The predicted octanol–water partition coefficient (Wildman–Crippen LogP) is 2.92. The van der Waals surface area contributed by atoms with Gasteiger partial charge in [0.2, 0.25) is 0 Å². The topological polar surface area (TPSA) is 59.0 Å². The highest BCUT2D eigenvalue weighted by Crippen LogP contribution is 2.23. The molecule has 2 N–H and O–H groups in total. The Bertz CT molecular complexity index is 624. The van der Waals surface area contributed by atoms with Gasteiger partial charge in [0.05, 0.1) is 29.3 Å². The lowest BCUT2D eigenvalue weighted by molar-refractivity contribution is 0.0963. The van der Waals surface area contributed by atoms with Crippen molar-refractivity contribution in [1.29, 1.82) is 0 Å². The van der Waals surface area contributed by atoms with Gasteiger partial charge in [-0.3, -0.25) is 4.79 Å². The van der Waals surface area contributed by atoms with Crippen LogP contribution in [-0.2, 0) is 13.1 Å². The molecular weight excluding hydrogens is 288 g/mol. The van der Waals surface area contributed by atoms with Gasteiger partial charge < -0.3 is 15.2 Å². The lowest BCUT2D eigenvalue weighted by Gasteiger charge is -2.11. The number of carbonyl (C=O) groups excluding carboxylic acids is 1. The van der Waals surface area contributed by atoms with E-state index in [1.54, 1.807) is 25.2 Å². The van der Waals surface area contributed by atoms with Crippen molar-refractivity contribution in [3.05, 3.63) is 47.0 Å². The minimum atomic E-state index is -0.134. The van der Waals surface area contributed by atoms with E-state index in [0.29, 0.717) is 17.1 Å². The summed E-state index contributed by atoms with van der Waals surface area (Å²) in [4.78, 5) is 15.8. The Labute approximate surface area is 129 Å². The van der Waals surface area contributed by atoms with E-state index in [1.807, 2.05) is 12.5 Å². The smallest absolute Gasteiger partial charge is 0.251 e. The van der Waals surface area contributed by atoms with Crippen molar-refractivity contribution in [2.45, 2.75) is 26.4 Å². The zero-order valence-electron chi connectivity index (χ0n) is 12.2. The molecule has 0 bridgehead atoms. The molecule has 1 amide bonds. The van der Waals surface area contributed by atoms with Crippen molar-refractivity contribution in [2.24, 2.45) is 0 Å². The van der Waals surface area contributed by atoms with Crippen molar-refractivity contribution in [1.82, 2.24) is 14.9 Å². The van der Waals surface area contributed by atoms with Gasteiger partial charge in [-0.1, -0.05) is 18.5 Å². The molecule has 0 aliphatic carbocycles. The van der Waals surface area contributed by atoms with Gasteiger partial charge in [-0.15, -0.1) is 0 Å². The minimum absolute atomic E-state index is 0.134. The number of hydrogen-bond acceptors (Lipinski definition) is 3. The Kier molecular flexibility index (Phi) is 5.22. The van der Waals surface area contributed by atoms with Crippen LogP contribution in [0.3, 0.4) is 0 Å². The summed E-state index contributed by atoms with van der Waals surface area (Å²) in [5.41, 5.74) is 2.40. The number of carbonyl (C=O) groups is 1. The molecule has 0 unspecified atom stereocenters. The second-order valence-electron chi connectivity index (χ2n) is 4.71. The van der Waals surface area contributed by atoms with Gasteiger partial charge in [0, 0.05) is 25.4 Å². The number of anilines is 1. The highest BCUT2D eigenvalue weighted by atomic mass is 35.5. The summed E-state index contributed by atoms with van der Waals surface area (Å²) >= 11 is 6.17. The van der Waals surface area contributed by atoms with E-state index in [-0.39, 0.29) is 5.91 Å². The monoisotopic (exact) mass is 306 g/mol. The number of nitrogens with zero attached hydrogens (tertiary/aromatic N) is 2. The maximum atomic E-state index is 11.7. The summed E-state index contributed by atoms with van der Waals surface area (Å²) in [5.74, 6) is -0.134. The number of halogens is 1. The van der Waals surface area contributed by atoms with Crippen molar-refractivity contribution in [2.75, 3.05) is 12.4 Å². The molecule has 0 aliphatic heterocycles. The first kappa shape index (κ1) is 15.4. The molecule has 0 aliphatic rings. The van der Waals surface area contributed by atoms with Gasteiger partial charge in [0.1, 0.15) is 0 Å². The Morgan fingerprint density at radius 1 is 1.43 bits per heavy atom. The fourth-order valence-corrected chi connectivity index (χ4v) is 2.25. The summed E-state index contributed by atoms with van der Waals surface area (Å²) in [7, 11) is 1.60. The Balaban J connectivity index is 2.12. The van der Waals surface area contributed by atoms with Crippen LogP contribution in [0.2, 0.25) is 5.02 Å². The van der Waals surface area contributed by atoms with Gasteiger partial charge in [0.25, 0.3) is 5.91 Å². The van der Waals surface area contributed by atoms with Gasteiger partial charge in [-0.2, -0.15) is 0 Å². The fraction of sp³-hybridized carbons (Fsp3) is 0.333. The van der Waals surface area contributed by atoms with E-state index in [4.69, 9.17) is 11.6 Å². The molecule has 6 heteroatoms. The van der Waals surface area contributed by atoms with Crippen molar-refractivity contribution in [3.8, 4) is 0 Å². The molecular formula is C15H19ClN4O. The fourth-order valence-electron chi connectivity index (χ4n) is 2.07. The van der Waals surface area contributed by atoms with E-state index in [2.05, 4.69) is 27.1 Å². The molecule has 21 heavy (non-hydrogen) atoms. The highest BCUT2D eigenvalue weighted by molar-refractivity contribution is 6.33. The third-order valence-corrected chi connectivity index (χ3v) is 3.51. The van der Waals surface area contributed by atoms with Crippen LogP contribution < -0.4 is 10.6 Å². The number of aromatic nitrogens is 2. The van der Waals surface area contributed by atoms with Crippen LogP contribution in [0.4, 0.5) is 5.69 Å². The van der Waals surface area contributed by atoms with Crippen LogP contribution >= 0.6 is 11.6 Å². The molecule has 112 valence electrons. The first-order valence-electron chi connectivity index (χ1n) is 6.90. The van der Waals surface area contributed by atoms with Crippen LogP contribution in [-0.4, -0.2) is 22.5 Å². The lowest BCUT2D eigenvalue weighted by atomic mass is 10.2. The summed E-state index contributed by atoms with van der Waals surface area (Å²) < 4.78 is 2.10. The zero-order valence-corrected chi connectivity index (χ0v) is 12.9. The molecule has 0 fully saturated rings. The van der Waals surface area contributed by atoms with Crippen molar-refractivity contribution in [3.63, 3.8) is 0 Å². The van der Waals surface area contributed by atoms with Gasteiger partial charge >= 0.3 is 0 Å². The summed E-state index contributed by atoms with van der Waals surface area (Å²) in [5, 5.41) is 6.45. The quantitative estimate of drug-likeness (QED) is 0.862. The molecule has 1 heterocycles. The van der Waals surface area contributed by atoms with Crippen LogP contribution in [0.1, 0.15) is 29.4 Å². The molecule has 0 radical (unpaired) electrons. The second-order valence-corrected chi connectivity index (χ2v) is 5.11. The SMILES string of the molecule is CCCn1cncc1CNc1cc(C(=O)NC)ccc1Cl. The molecule has 0 spiro atoms. The Morgan fingerprint density at radius 2 is 2.24 bits per heavy atom. The van der Waals surface area contributed by atoms with E-state index in [9.17, 15) is 4.79 Å². The number of amides is 1. The van der Waals surface area contributed by atoms with E-state index in [1.165, 1.54) is 0 Å². The first-order chi connectivity index (χ1) is 10.2. The molecule has 0 atom stereocenters. The predicted molar refractivity (Wildman–Crippen MR) is 84.7 cm³/mol. The summed E-state index contributed by atoms with van der Waals surface area (Å²) in [6, 6.07) is 5.17. The minimum Gasteiger partial charge on any atom is -0.378 e. The molecule has 2 rings (SSSR count). The number of benzene rings is 1. The largest absolute Gasteiger partial charge is 0.378 e. The van der Waals surface area contributed by atoms with Crippen molar-refractivity contribution < 1.29 is 4.79 Å². The molecule has 1 aromatic heterocycles. The standard InChI is InChI=1S/C15H19ClN4O/c1-3-6-20-10-18-8-12(20)9-19-14-7-11(15(21)17-2)4-5-13(14)16/h4-5,7-8,10,19H,3,6,9H2,1-2H3,(H,17,21). The highest BCUT2D eigenvalue weighted by Gasteiger charge is 2.08. The first-order valence-corrected chi connectivity index (χ1v) is 7.28. The molecule has 0 saturated carbocycles. The van der Waals surface area contributed by atoms with E-state index >= 15 is 0 Å². The van der Waals surface area contributed by atoms with Crippen LogP contribution in [0.25, 0.3) is 0 Å². The van der Waals surface area contributed by atoms with Gasteiger partial charge in [-0.25, -0.2) is 4.98 Å². The van der Waals surface area contributed by atoms with Gasteiger partial charge in [-0.05, 0) is 24.6 Å². The van der Waals surface area contributed by atoms with Crippen LogP contribution in [0.15, 0.2) is 30.7 Å². The average molecular weight is 307 g/mol. The Hall–Kier alpha value is -2.01. The summed E-state index contributed by atoms with van der Waals surface area (Å²) in [6.45, 7) is 3.67. The van der Waals surface area contributed by atoms with E-state index in [0.717, 1.165) is 24.3 Å².